The monoisotopic (exact) mass is 370 g/mol. The molecule has 0 aliphatic heterocycles. The number of benzene rings is 1. The van der Waals surface area contributed by atoms with E-state index in [-0.39, 0.29) is 5.82 Å². The van der Waals surface area contributed by atoms with Crippen LogP contribution in [0.1, 0.15) is 37.1 Å². The molecule has 0 aliphatic carbocycles. The van der Waals surface area contributed by atoms with Crippen molar-refractivity contribution in [3.05, 3.63) is 59.2 Å². The Morgan fingerprint density at radius 1 is 1.22 bits per heavy atom. The summed E-state index contributed by atoms with van der Waals surface area (Å²) in [7, 11) is 1.59. The fourth-order valence-electron chi connectivity index (χ4n) is 3.78. The van der Waals surface area contributed by atoms with Crippen molar-refractivity contribution >= 4 is 10.9 Å². The fraction of sp³-hybridized carbons (Fsp3) is 0.409. The second-order valence-electron chi connectivity index (χ2n) is 7.86. The molecule has 27 heavy (non-hydrogen) atoms. The van der Waals surface area contributed by atoms with Crippen LogP contribution in [0.2, 0.25) is 0 Å². The first kappa shape index (κ1) is 19.4. The number of halogens is 1. The number of aryl methyl sites for hydroxylation is 1. The van der Waals surface area contributed by atoms with E-state index in [0.717, 1.165) is 27.7 Å². The second-order valence-corrected chi connectivity index (χ2v) is 7.86. The number of rotatable bonds is 7. The molecule has 4 nitrogen and oxygen atoms in total. The lowest BCUT2D eigenvalue weighted by Crippen LogP contribution is -2.36. The minimum Gasteiger partial charge on any atom is -0.481 e. The zero-order valence-electron chi connectivity index (χ0n) is 16.3. The van der Waals surface area contributed by atoms with Crippen LogP contribution >= 0.6 is 0 Å². The highest BCUT2D eigenvalue weighted by atomic mass is 19.1. The number of ether oxygens (including phenoxy) is 1. The van der Waals surface area contributed by atoms with Crippen LogP contribution in [-0.4, -0.2) is 27.8 Å². The van der Waals surface area contributed by atoms with Gasteiger partial charge in [0.1, 0.15) is 5.82 Å². The highest BCUT2D eigenvalue weighted by Crippen LogP contribution is 2.29. The first-order valence-electron chi connectivity index (χ1n) is 9.27. The Labute approximate surface area is 159 Å². The molecule has 3 rings (SSSR count). The van der Waals surface area contributed by atoms with Gasteiger partial charge in [0, 0.05) is 30.0 Å². The topological polar surface area (TPSA) is 58.1 Å². The summed E-state index contributed by atoms with van der Waals surface area (Å²) in [5.74, 6) is 0.599. The molecule has 1 unspecified atom stereocenters. The van der Waals surface area contributed by atoms with E-state index in [0.29, 0.717) is 31.1 Å². The molecule has 2 N–H and O–H groups in total. The quantitative estimate of drug-likeness (QED) is 0.640. The summed E-state index contributed by atoms with van der Waals surface area (Å²) in [6.07, 6.45) is 3.22. The molecular weight excluding hydrogens is 343 g/mol. The molecule has 5 heteroatoms. The molecule has 1 aromatic carbocycles. The Balaban J connectivity index is 1.91. The van der Waals surface area contributed by atoms with Gasteiger partial charge in [-0.25, -0.2) is 9.37 Å². The maximum absolute atomic E-state index is 13.7. The summed E-state index contributed by atoms with van der Waals surface area (Å²) in [6, 6.07) is 8.64. The summed E-state index contributed by atoms with van der Waals surface area (Å²) in [5, 5.41) is 12.4. The fourth-order valence-corrected chi connectivity index (χ4v) is 3.78. The lowest BCUT2D eigenvalue weighted by Gasteiger charge is -2.30. The molecule has 0 fully saturated rings. The van der Waals surface area contributed by atoms with E-state index in [2.05, 4.69) is 23.8 Å². The molecule has 0 saturated heterocycles. The van der Waals surface area contributed by atoms with Crippen molar-refractivity contribution < 1.29 is 14.2 Å². The zero-order valence-corrected chi connectivity index (χ0v) is 16.3. The van der Waals surface area contributed by atoms with E-state index in [9.17, 15) is 9.50 Å². The summed E-state index contributed by atoms with van der Waals surface area (Å²) >= 11 is 0. The van der Waals surface area contributed by atoms with Gasteiger partial charge < -0.3 is 14.8 Å². The summed E-state index contributed by atoms with van der Waals surface area (Å²) < 4.78 is 18.9. The maximum Gasteiger partial charge on any atom is 0.213 e. The average Bonchev–Trinajstić information content (AvgIpc) is 2.97. The third-order valence-corrected chi connectivity index (χ3v) is 4.88. The normalized spacial score (nSPS) is 13.9. The van der Waals surface area contributed by atoms with Crippen LogP contribution in [0.3, 0.4) is 0 Å². The van der Waals surface area contributed by atoms with Gasteiger partial charge in [-0.3, -0.25) is 0 Å². The molecular formula is C22H27FN2O2. The van der Waals surface area contributed by atoms with Crippen LogP contribution in [-0.2, 0) is 12.8 Å². The Bertz CT molecular complexity index is 935. The maximum atomic E-state index is 13.7. The van der Waals surface area contributed by atoms with E-state index in [1.807, 2.05) is 19.1 Å². The Morgan fingerprint density at radius 2 is 2.00 bits per heavy atom. The summed E-state index contributed by atoms with van der Waals surface area (Å²) in [5.41, 5.74) is 2.70. The van der Waals surface area contributed by atoms with Crippen molar-refractivity contribution in [2.45, 2.75) is 45.6 Å². The SMILES string of the molecule is COc1cc2cc(CC(O)(Cc3cc(F)ccc3C)CC(C)C)[nH]c2cn1. The number of hydrogen-bond donors (Lipinski definition) is 2. The number of methoxy groups -OCH3 is 1. The number of pyridine rings is 1. The van der Waals surface area contributed by atoms with Gasteiger partial charge in [0.05, 0.1) is 24.4 Å². The van der Waals surface area contributed by atoms with Gasteiger partial charge in [0.25, 0.3) is 0 Å². The van der Waals surface area contributed by atoms with Gasteiger partial charge in [-0.2, -0.15) is 0 Å². The largest absolute Gasteiger partial charge is 0.481 e. The highest BCUT2D eigenvalue weighted by Gasteiger charge is 2.30. The van der Waals surface area contributed by atoms with Gasteiger partial charge in [-0.1, -0.05) is 19.9 Å². The number of hydrogen-bond acceptors (Lipinski definition) is 3. The molecule has 0 radical (unpaired) electrons. The van der Waals surface area contributed by atoms with E-state index >= 15 is 0 Å². The zero-order chi connectivity index (χ0) is 19.6. The molecule has 0 spiro atoms. The smallest absolute Gasteiger partial charge is 0.213 e. The first-order chi connectivity index (χ1) is 12.8. The van der Waals surface area contributed by atoms with Gasteiger partial charge in [0.2, 0.25) is 5.88 Å². The minimum atomic E-state index is -0.967. The van der Waals surface area contributed by atoms with Crippen LogP contribution in [0.25, 0.3) is 10.9 Å². The van der Waals surface area contributed by atoms with Gasteiger partial charge in [-0.05, 0) is 48.6 Å². The van der Waals surface area contributed by atoms with E-state index in [4.69, 9.17) is 4.74 Å². The van der Waals surface area contributed by atoms with Crippen LogP contribution in [0.15, 0.2) is 36.5 Å². The number of aromatic amines is 1. The Morgan fingerprint density at radius 3 is 2.70 bits per heavy atom. The van der Waals surface area contributed by atoms with Crippen molar-refractivity contribution in [2.24, 2.45) is 5.92 Å². The molecule has 2 aromatic heterocycles. The van der Waals surface area contributed by atoms with Crippen LogP contribution in [0.5, 0.6) is 5.88 Å². The number of nitrogens with zero attached hydrogens (tertiary/aromatic N) is 1. The van der Waals surface area contributed by atoms with Crippen molar-refractivity contribution in [3.63, 3.8) is 0 Å². The van der Waals surface area contributed by atoms with Crippen molar-refractivity contribution in [1.82, 2.24) is 9.97 Å². The van der Waals surface area contributed by atoms with E-state index < -0.39 is 5.60 Å². The predicted octanol–water partition coefficient (Wildman–Crippen LogP) is 4.58. The van der Waals surface area contributed by atoms with Gasteiger partial charge >= 0.3 is 0 Å². The number of aliphatic hydroxyl groups is 1. The standard InChI is InChI=1S/C22H27FN2O2/c1-14(2)10-22(26,11-17-7-18(23)6-5-15(17)3)12-19-8-16-9-21(27-4)24-13-20(16)25-19/h5-9,13-14,25-26H,10-12H2,1-4H3. The number of H-pyrrole nitrogens is 1. The van der Waals surface area contributed by atoms with Crippen molar-refractivity contribution in [2.75, 3.05) is 7.11 Å². The number of nitrogens with one attached hydrogen (secondary N) is 1. The molecule has 2 heterocycles. The molecule has 0 bridgehead atoms. The first-order valence-corrected chi connectivity index (χ1v) is 9.27. The number of aromatic nitrogens is 2. The van der Waals surface area contributed by atoms with Gasteiger partial charge in [-0.15, -0.1) is 0 Å². The molecule has 1 atom stereocenters. The third kappa shape index (κ3) is 4.66. The van der Waals surface area contributed by atoms with E-state index in [1.54, 1.807) is 19.4 Å². The average molecular weight is 370 g/mol. The van der Waals surface area contributed by atoms with Crippen molar-refractivity contribution in [3.8, 4) is 5.88 Å². The lowest BCUT2D eigenvalue weighted by molar-refractivity contribution is 0.0192. The van der Waals surface area contributed by atoms with Crippen molar-refractivity contribution in [1.29, 1.82) is 0 Å². The minimum absolute atomic E-state index is 0.272. The Hall–Kier alpha value is -2.40. The molecule has 3 aromatic rings. The number of fused-ring (bicyclic) bond motifs is 1. The van der Waals surface area contributed by atoms with Crippen LogP contribution < -0.4 is 4.74 Å². The van der Waals surface area contributed by atoms with Gasteiger partial charge in [0.15, 0.2) is 0 Å². The third-order valence-electron chi connectivity index (χ3n) is 4.88. The lowest BCUT2D eigenvalue weighted by atomic mass is 9.82. The van der Waals surface area contributed by atoms with Crippen LogP contribution in [0.4, 0.5) is 4.39 Å². The summed E-state index contributed by atoms with van der Waals surface area (Å²) in [6.45, 7) is 6.12. The predicted molar refractivity (Wildman–Crippen MR) is 106 cm³/mol. The van der Waals surface area contributed by atoms with E-state index in [1.165, 1.54) is 12.1 Å². The van der Waals surface area contributed by atoms with Crippen LogP contribution in [0, 0.1) is 18.7 Å². The molecule has 0 amide bonds. The molecule has 0 aliphatic rings. The molecule has 144 valence electrons. The molecule has 0 saturated carbocycles. The summed E-state index contributed by atoms with van der Waals surface area (Å²) in [4.78, 5) is 7.55. The second kappa shape index (κ2) is 7.69. The Kier molecular flexibility index (Phi) is 5.51. The highest BCUT2D eigenvalue weighted by molar-refractivity contribution is 5.80.